The van der Waals surface area contributed by atoms with Gasteiger partial charge in [-0.1, -0.05) is 30.3 Å². The van der Waals surface area contributed by atoms with Gasteiger partial charge in [-0.25, -0.2) is 18.1 Å². The van der Waals surface area contributed by atoms with Crippen LogP contribution in [0.15, 0.2) is 65.6 Å². The number of pyridine rings is 1. The fourth-order valence-electron chi connectivity index (χ4n) is 4.44. The van der Waals surface area contributed by atoms with Gasteiger partial charge in [0.15, 0.2) is 5.65 Å². The van der Waals surface area contributed by atoms with Crippen LogP contribution in [0.3, 0.4) is 0 Å². The second-order valence-corrected chi connectivity index (χ2v) is 10.6. The largest absolute Gasteiger partial charge is 0.379 e. The lowest BCUT2D eigenvalue weighted by Crippen LogP contribution is -2.40. The molecule has 4 aromatic rings. The number of ether oxygens (including phenoxy) is 1. The van der Waals surface area contributed by atoms with E-state index in [9.17, 15) is 8.42 Å². The molecule has 9 heteroatoms. The number of nitrogens with zero attached hydrogens (tertiary/aromatic N) is 4. The van der Waals surface area contributed by atoms with Gasteiger partial charge in [-0.2, -0.15) is 9.40 Å². The predicted molar refractivity (Wildman–Crippen MR) is 137 cm³/mol. The quantitative estimate of drug-likeness (QED) is 0.424. The Labute approximate surface area is 205 Å². The van der Waals surface area contributed by atoms with Gasteiger partial charge in [0, 0.05) is 25.0 Å². The number of aromatic nitrogens is 3. The Morgan fingerprint density at radius 1 is 1.00 bits per heavy atom. The molecule has 5 rings (SSSR count). The van der Waals surface area contributed by atoms with E-state index in [0.717, 1.165) is 45.8 Å². The van der Waals surface area contributed by atoms with E-state index in [4.69, 9.17) is 14.8 Å². The molecule has 1 aliphatic heterocycles. The Hall–Kier alpha value is -3.27. The fraction of sp³-hybridized carbons (Fsp3) is 0.308. The highest BCUT2D eigenvalue weighted by molar-refractivity contribution is 7.89. The normalized spacial score (nSPS) is 14.9. The van der Waals surface area contributed by atoms with E-state index in [1.54, 1.807) is 12.1 Å². The maximum Gasteiger partial charge on any atom is 0.243 e. The monoisotopic (exact) mass is 491 g/mol. The summed E-state index contributed by atoms with van der Waals surface area (Å²) in [7, 11) is -3.47. The molecule has 0 unspecified atom stereocenters. The first-order valence-corrected chi connectivity index (χ1v) is 13.2. The molecular weight excluding hydrogens is 462 g/mol. The third-order valence-corrected chi connectivity index (χ3v) is 8.17. The smallest absolute Gasteiger partial charge is 0.243 e. The van der Waals surface area contributed by atoms with Crippen molar-refractivity contribution >= 4 is 26.9 Å². The summed E-state index contributed by atoms with van der Waals surface area (Å²) < 4.78 is 34.3. The van der Waals surface area contributed by atoms with E-state index in [1.807, 2.05) is 60.1 Å². The van der Waals surface area contributed by atoms with Gasteiger partial charge in [0.1, 0.15) is 5.82 Å². The molecule has 0 spiro atoms. The van der Waals surface area contributed by atoms with Crippen LogP contribution in [0, 0.1) is 13.8 Å². The van der Waals surface area contributed by atoms with Crippen molar-refractivity contribution in [3.05, 3.63) is 77.5 Å². The summed E-state index contributed by atoms with van der Waals surface area (Å²) in [6.45, 7) is 6.42. The molecule has 1 aliphatic rings. The number of rotatable bonds is 7. The molecule has 2 aromatic carbocycles. The summed E-state index contributed by atoms with van der Waals surface area (Å²) in [5.74, 6) is 0.790. The SMILES string of the molecule is Cc1cc(NCCc2ccc(S(=O)(=O)N3CCOCC3)cc2)nc2c1c(C)nn2-c1ccccc1. The van der Waals surface area contributed by atoms with Crippen LogP contribution in [0.2, 0.25) is 0 Å². The number of nitrogens with one attached hydrogen (secondary N) is 1. The van der Waals surface area contributed by atoms with Crippen LogP contribution >= 0.6 is 0 Å². The first-order chi connectivity index (χ1) is 16.9. The van der Waals surface area contributed by atoms with Gasteiger partial charge in [-0.15, -0.1) is 0 Å². The Morgan fingerprint density at radius 2 is 1.71 bits per heavy atom. The molecule has 1 fully saturated rings. The first-order valence-electron chi connectivity index (χ1n) is 11.8. The van der Waals surface area contributed by atoms with Crippen LogP contribution in [-0.4, -0.2) is 60.3 Å². The molecule has 0 aliphatic carbocycles. The van der Waals surface area contributed by atoms with Gasteiger partial charge in [0.25, 0.3) is 0 Å². The second-order valence-electron chi connectivity index (χ2n) is 8.69. The summed E-state index contributed by atoms with van der Waals surface area (Å²) in [5, 5.41) is 9.20. The van der Waals surface area contributed by atoms with Crippen LogP contribution in [0.25, 0.3) is 16.7 Å². The number of para-hydroxylation sites is 1. The van der Waals surface area contributed by atoms with Gasteiger partial charge in [0.2, 0.25) is 10.0 Å². The van der Waals surface area contributed by atoms with E-state index >= 15 is 0 Å². The average molecular weight is 492 g/mol. The van der Waals surface area contributed by atoms with Crippen LogP contribution in [0.5, 0.6) is 0 Å². The summed E-state index contributed by atoms with van der Waals surface area (Å²) in [6, 6.07) is 19.2. The second kappa shape index (κ2) is 9.77. The predicted octanol–water partition coefficient (Wildman–Crippen LogP) is 3.71. The average Bonchev–Trinajstić information content (AvgIpc) is 3.22. The van der Waals surface area contributed by atoms with Gasteiger partial charge < -0.3 is 10.1 Å². The minimum Gasteiger partial charge on any atom is -0.379 e. The van der Waals surface area contributed by atoms with Crippen LogP contribution in [0.4, 0.5) is 5.82 Å². The number of fused-ring (bicyclic) bond motifs is 1. The van der Waals surface area contributed by atoms with Crippen LogP contribution in [-0.2, 0) is 21.2 Å². The van der Waals surface area contributed by atoms with E-state index in [1.165, 1.54) is 4.31 Å². The number of sulfonamides is 1. The zero-order valence-electron chi connectivity index (χ0n) is 19.9. The molecule has 3 heterocycles. The summed E-state index contributed by atoms with van der Waals surface area (Å²) >= 11 is 0. The molecule has 35 heavy (non-hydrogen) atoms. The molecule has 0 atom stereocenters. The number of hydrogen-bond acceptors (Lipinski definition) is 6. The molecular formula is C26H29N5O3S. The lowest BCUT2D eigenvalue weighted by molar-refractivity contribution is 0.0730. The topological polar surface area (TPSA) is 89.3 Å². The molecule has 182 valence electrons. The van der Waals surface area contributed by atoms with Crippen molar-refractivity contribution in [2.45, 2.75) is 25.2 Å². The first kappa shape index (κ1) is 23.5. The van der Waals surface area contributed by atoms with Crippen LogP contribution in [0.1, 0.15) is 16.8 Å². The summed E-state index contributed by atoms with van der Waals surface area (Å²) in [5.41, 5.74) is 4.93. The Morgan fingerprint density at radius 3 is 2.43 bits per heavy atom. The van der Waals surface area contributed by atoms with Crippen LogP contribution < -0.4 is 5.32 Å². The van der Waals surface area contributed by atoms with Gasteiger partial charge in [-0.05, 0) is 61.7 Å². The van der Waals surface area contributed by atoms with E-state index < -0.39 is 10.0 Å². The number of aryl methyl sites for hydroxylation is 2. The molecule has 1 saturated heterocycles. The van der Waals surface area contributed by atoms with E-state index in [0.29, 0.717) is 37.7 Å². The third kappa shape index (κ3) is 4.80. The van der Waals surface area contributed by atoms with Crippen molar-refractivity contribution < 1.29 is 13.2 Å². The number of anilines is 1. The lowest BCUT2D eigenvalue weighted by atomic mass is 10.1. The Kier molecular flexibility index (Phi) is 6.55. The molecule has 1 N–H and O–H groups in total. The van der Waals surface area contributed by atoms with E-state index in [-0.39, 0.29) is 0 Å². The zero-order chi connectivity index (χ0) is 24.4. The number of morpholine rings is 1. The summed E-state index contributed by atoms with van der Waals surface area (Å²) in [4.78, 5) is 5.18. The molecule has 8 nitrogen and oxygen atoms in total. The fourth-order valence-corrected chi connectivity index (χ4v) is 5.85. The van der Waals surface area contributed by atoms with Crippen molar-refractivity contribution in [2.75, 3.05) is 38.2 Å². The maximum atomic E-state index is 12.8. The van der Waals surface area contributed by atoms with Crippen molar-refractivity contribution in [3.8, 4) is 5.69 Å². The minimum absolute atomic E-state index is 0.323. The highest BCUT2D eigenvalue weighted by Gasteiger charge is 2.26. The number of benzene rings is 2. The standard InChI is InChI=1S/C26H29N5O3S/c1-19-18-24(28-26-25(19)20(2)29-31(26)22-6-4-3-5-7-22)27-13-12-21-8-10-23(11-9-21)35(32,33)30-14-16-34-17-15-30/h3-11,18H,12-17H2,1-2H3,(H,27,28). The van der Waals surface area contributed by atoms with Crippen molar-refractivity contribution in [2.24, 2.45) is 0 Å². The minimum atomic E-state index is -3.47. The van der Waals surface area contributed by atoms with Gasteiger partial charge in [0.05, 0.1) is 29.5 Å². The van der Waals surface area contributed by atoms with Crippen molar-refractivity contribution in [1.82, 2.24) is 19.1 Å². The molecule has 0 radical (unpaired) electrons. The zero-order valence-corrected chi connectivity index (χ0v) is 20.8. The third-order valence-electron chi connectivity index (χ3n) is 6.26. The number of hydrogen-bond donors (Lipinski definition) is 1. The molecule has 0 amide bonds. The summed E-state index contributed by atoms with van der Waals surface area (Å²) in [6.07, 6.45) is 0.744. The highest BCUT2D eigenvalue weighted by atomic mass is 32.2. The molecule has 0 saturated carbocycles. The molecule has 0 bridgehead atoms. The Bertz CT molecular complexity index is 1430. The van der Waals surface area contributed by atoms with Crippen molar-refractivity contribution in [3.63, 3.8) is 0 Å². The lowest BCUT2D eigenvalue weighted by Gasteiger charge is -2.26. The molecule has 2 aromatic heterocycles. The van der Waals surface area contributed by atoms with Crippen molar-refractivity contribution in [1.29, 1.82) is 0 Å². The highest BCUT2D eigenvalue weighted by Crippen LogP contribution is 2.26. The van der Waals surface area contributed by atoms with Gasteiger partial charge in [-0.3, -0.25) is 0 Å². The van der Waals surface area contributed by atoms with E-state index in [2.05, 4.69) is 12.2 Å². The Balaban J connectivity index is 1.29. The maximum absolute atomic E-state index is 12.8. The van der Waals surface area contributed by atoms with Gasteiger partial charge >= 0.3 is 0 Å².